The van der Waals surface area contributed by atoms with E-state index >= 15 is 0 Å². The van der Waals surface area contributed by atoms with Gasteiger partial charge in [-0.15, -0.1) is 0 Å². The molecule has 4 nitrogen and oxygen atoms in total. The molecular formula is C23H23ClFN3O. The summed E-state index contributed by atoms with van der Waals surface area (Å²) in [5, 5.41) is 0.581. The first-order valence-electron chi connectivity index (χ1n) is 10.0. The van der Waals surface area contributed by atoms with Gasteiger partial charge in [0, 0.05) is 29.4 Å². The summed E-state index contributed by atoms with van der Waals surface area (Å²) in [4.78, 5) is 19.9. The maximum atomic E-state index is 13.8. The number of carbonyl (C=O) groups is 1. The molecule has 29 heavy (non-hydrogen) atoms. The average Bonchev–Trinajstić information content (AvgIpc) is 2.89. The van der Waals surface area contributed by atoms with Gasteiger partial charge in [-0.1, -0.05) is 36.2 Å². The van der Waals surface area contributed by atoms with Gasteiger partial charge in [0.25, 0.3) is 5.91 Å². The summed E-state index contributed by atoms with van der Waals surface area (Å²) >= 11 is 6.14. The Morgan fingerprint density at radius 1 is 1.17 bits per heavy atom. The van der Waals surface area contributed by atoms with Gasteiger partial charge >= 0.3 is 0 Å². The first kappa shape index (κ1) is 19.6. The van der Waals surface area contributed by atoms with Crippen molar-refractivity contribution in [3.63, 3.8) is 0 Å². The third-order valence-electron chi connectivity index (χ3n) is 5.33. The largest absolute Gasteiger partial charge is 0.327 e. The van der Waals surface area contributed by atoms with Crippen molar-refractivity contribution in [3.05, 3.63) is 70.8 Å². The molecule has 1 aliphatic heterocycles. The lowest BCUT2D eigenvalue weighted by atomic mass is 10.1. The Balaban J connectivity index is 1.81. The zero-order valence-corrected chi connectivity index (χ0v) is 17.1. The maximum Gasteiger partial charge on any atom is 0.278 e. The number of nitrogens with zero attached hydrogens (tertiary/aromatic N) is 3. The molecule has 0 unspecified atom stereocenters. The predicted octanol–water partition coefficient (Wildman–Crippen LogP) is 5.74. The number of fused-ring (bicyclic) bond motifs is 1. The molecule has 1 aliphatic rings. The monoisotopic (exact) mass is 411 g/mol. The molecule has 0 saturated carbocycles. The van der Waals surface area contributed by atoms with Gasteiger partial charge in [-0.05, 0) is 56.5 Å². The molecule has 0 bridgehead atoms. The van der Waals surface area contributed by atoms with Crippen molar-refractivity contribution < 1.29 is 9.18 Å². The van der Waals surface area contributed by atoms with Gasteiger partial charge in [-0.25, -0.2) is 9.37 Å². The van der Waals surface area contributed by atoms with Gasteiger partial charge < -0.3 is 9.47 Å². The van der Waals surface area contributed by atoms with E-state index < -0.39 is 0 Å². The van der Waals surface area contributed by atoms with E-state index in [0.29, 0.717) is 28.6 Å². The fraction of sp³-hybridized carbons (Fsp3) is 0.304. The van der Waals surface area contributed by atoms with E-state index in [1.165, 1.54) is 12.1 Å². The van der Waals surface area contributed by atoms with E-state index in [-0.39, 0.29) is 11.7 Å². The molecule has 3 aromatic rings. The summed E-state index contributed by atoms with van der Waals surface area (Å²) in [7, 11) is 0. The number of benzene rings is 2. The smallest absolute Gasteiger partial charge is 0.278 e. The molecule has 0 radical (unpaired) electrons. The number of anilines is 1. The van der Waals surface area contributed by atoms with Gasteiger partial charge in [0.1, 0.15) is 11.6 Å². The molecule has 2 aromatic carbocycles. The number of imidazole rings is 1. The van der Waals surface area contributed by atoms with E-state index in [9.17, 15) is 9.18 Å². The molecule has 0 aliphatic carbocycles. The van der Waals surface area contributed by atoms with E-state index in [4.69, 9.17) is 16.6 Å². The number of rotatable bonds is 4. The van der Waals surface area contributed by atoms with Crippen LogP contribution in [0.3, 0.4) is 0 Å². The number of hydrogen-bond donors (Lipinski definition) is 0. The van der Waals surface area contributed by atoms with Crippen LogP contribution in [-0.4, -0.2) is 22.0 Å². The summed E-state index contributed by atoms with van der Waals surface area (Å²) in [6.07, 6.45) is 3.92. The highest BCUT2D eigenvalue weighted by Crippen LogP contribution is 2.29. The fourth-order valence-electron chi connectivity index (χ4n) is 3.95. The molecule has 4 rings (SSSR count). The molecule has 0 N–H and O–H groups in total. The Labute approximate surface area is 174 Å². The average molecular weight is 412 g/mol. The first-order valence-corrected chi connectivity index (χ1v) is 10.4. The van der Waals surface area contributed by atoms with Crippen molar-refractivity contribution in [1.29, 1.82) is 0 Å². The molecule has 0 fully saturated rings. The minimum absolute atomic E-state index is 0.150. The highest BCUT2D eigenvalue weighted by molar-refractivity contribution is 6.31. The minimum atomic E-state index is -0.310. The van der Waals surface area contributed by atoms with Crippen LogP contribution in [0.2, 0.25) is 5.02 Å². The highest BCUT2D eigenvalue weighted by atomic mass is 35.5. The number of carbonyl (C=O) groups excluding carboxylic acids is 1. The summed E-state index contributed by atoms with van der Waals surface area (Å²) in [5.41, 5.74) is 2.82. The van der Waals surface area contributed by atoms with Crippen molar-refractivity contribution in [1.82, 2.24) is 9.55 Å². The Kier molecular flexibility index (Phi) is 5.67. The van der Waals surface area contributed by atoms with Crippen LogP contribution >= 0.6 is 11.6 Å². The second kappa shape index (κ2) is 8.37. The molecule has 1 aromatic heterocycles. The van der Waals surface area contributed by atoms with Crippen molar-refractivity contribution >= 4 is 23.2 Å². The summed E-state index contributed by atoms with van der Waals surface area (Å²) in [6, 6.07) is 13.7. The normalized spacial score (nSPS) is 13.6. The third-order valence-corrected chi connectivity index (χ3v) is 5.57. The number of aromatic nitrogens is 2. The Hall–Kier alpha value is -2.66. The molecule has 150 valence electrons. The van der Waals surface area contributed by atoms with Crippen molar-refractivity contribution in [2.45, 2.75) is 39.2 Å². The van der Waals surface area contributed by atoms with Crippen LogP contribution in [-0.2, 0) is 13.0 Å². The van der Waals surface area contributed by atoms with Crippen LogP contribution in [0, 0.1) is 5.82 Å². The lowest BCUT2D eigenvalue weighted by molar-refractivity contribution is 0.0983. The highest BCUT2D eigenvalue weighted by Gasteiger charge is 2.27. The van der Waals surface area contributed by atoms with Crippen molar-refractivity contribution in [2.24, 2.45) is 0 Å². The summed E-state index contributed by atoms with van der Waals surface area (Å²) < 4.78 is 15.9. The molecule has 6 heteroatoms. The first-order chi connectivity index (χ1) is 14.1. The van der Waals surface area contributed by atoms with Crippen molar-refractivity contribution in [3.8, 4) is 11.4 Å². The van der Waals surface area contributed by atoms with Crippen LogP contribution < -0.4 is 4.90 Å². The predicted molar refractivity (Wildman–Crippen MR) is 114 cm³/mol. The molecule has 0 atom stereocenters. The van der Waals surface area contributed by atoms with Gasteiger partial charge in [-0.2, -0.15) is 0 Å². The zero-order chi connectivity index (χ0) is 20.4. The number of amides is 1. The Morgan fingerprint density at radius 2 is 2.00 bits per heavy atom. The lowest BCUT2D eigenvalue weighted by Gasteiger charge is -2.21. The third kappa shape index (κ3) is 3.92. The fourth-order valence-corrected chi connectivity index (χ4v) is 4.14. The van der Waals surface area contributed by atoms with Crippen molar-refractivity contribution in [2.75, 3.05) is 11.4 Å². The molecule has 0 saturated heterocycles. The van der Waals surface area contributed by atoms with Crippen LogP contribution in [0.1, 0.15) is 42.4 Å². The lowest BCUT2D eigenvalue weighted by Crippen LogP contribution is -2.31. The Morgan fingerprint density at radius 3 is 2.76 bits per heavy atom. The van der Waals surface area contributed by atoms with Gasteiger partial charge in [0.05, 0.1) is 5.69 Å². The standard InChI is InChI=1S/C23H23ClFN3O/c1-2-27(19-11-7-9-17(24)15-19)23(29)21-20-12-4-3-5-13-28(20)22(26-21)16-8-6-10-18(25)14-16/h6-11,14-15H,2-5,12-13H2,1H3. The van der Waals surface area contributed by atoms with Crippen LogP contribution in [0.15, 0.2) is 48.5 Å². The summed E-state index contributed by atoms with van der Waals surface area (Å²) in [6.45, 7) is 3.21. The number of halogens is 2. The second-order valence-electron chi connectivity index (χ2n) is 7.23. The molecule has 2 heterocycles. The molecule has 1 amide bonds. The number of hydrogen-bond acceptors (Lipinski definition) is 2. The van der Waals surface area contributed by atoms with E-state index in [0.717, 1.165) is 43.6 Å². The zero-order valence-electron chi connectivity index (χ0n) is 16.4. The van der Waals surface area contributed by atoms with E-state index in [1.54, 1.807) is 23.1 Å². The van der Waals surface area contributed by atoms with Gasteiger partial charge in [0.2, 0.25) is 0 Å². The molecule has 0 spiro atoms. The SMILES string of the molecule is CCN(C(=O)c1nc(-c2cccc(F)c2)n2c1CCCCC2)c1cccc(Cl)c1. The van der Waals surface area contributed by atoms with Gasteiger partial charge in [-0.3, -0.25) is 4.79 Å². The van der Waals surface area contributed by atoms with Crippen LogP contribution in [0.4, 0.5) is 10.1 Å². The second-order valence-corrected chi connectivity index (χ2v) is 7.67. The Bertz CT molecular complexity index is 1050. The van der Waals surface area contributed by atoms with Gasteiger partial charge in [0.15, 0.2) is 5.69 Å². The molecular weight excluding hydrogens is 389 g/mol. The van der Waals surface area contributed by atoms with Crippen LogP contribution in [0.25, 0.3) is 11.4 Å². The quantitative estimate of drug-likeness (QED) is 0.549. The minimum Gasteiger partial charge on any atom is -0.327 e. The van der Waals surface area contributed by atoms with E-state index in [1.807, 2.05) is 25.1 Å². The van der Waals surface area contributed by atoms with Crippen LogP contribution in [0.5, 0.6) is 0 Å². The van der Waals surface area contributed by atoms with E-state index in [2.05, 4.69) is 4.57 Å². The maximum absolute atomic E-state index is 13.8. The topological polar surface area (TPSA) is 38.1 Å². The summed E-state index contributed by atoms with van der Waals surface area (Å²) in [5.74, 6) is 0.199.